The number of aromatic nitrogens is 1. The average molecular weight is 506 g/mol. The molecule has 1 amide bonds. The van der Waals surface area contributed by atoms with Gasteiger partial charge in [0.25, 0.3) is 5.91 Å². The quantitative estimate of drug-likeness (QED) is 0.496. The van der Waals surface area contributed by atoms with Gasteiger partial charge in [0.2, 0.25) is 10.0 Å². The van der Waals surface area contributed by atoms with Crippen LogP contribution >= 0.6 is 11.3 Å². The van der Waals surface area contributed by atoms with Gasteiger partial charge in [-0.15, -0.1) is 0 Å². The van der Waals surface area contributed by atoms with Crippen LogP contribution in [0.5, 0.6) is 0 Å². The normalized spacial score (nSPS) is 15.9. The minimum atomic E-state index is -3.63. The summed E-state index contributed by atoms with van der Waals surface area (Å²) < 4.78 is 47.8. The number of carbonyl (C=O) groups is 2. The lowest BCUT2D eigenvalue weighted by Gasteiger charge is -2.19. The Morgan fingerprint density at radius 2 is 1.74 bits per heavy atom. The molecular weight excluding hydrogens is 481 g/mol. The zero-order valence-corrected chi connectivity index (χ0v) is 20.2. The van der Waals surface area contributed by atoms with Crippen molar-refractivity contribution in [3.05, 3.63) is 58.6 Å². The van der Waals surface area contributed by atoms with Crippen LogP contribution in [0.4, 0.5) is 4.39 Å². The zero-order chi connectivity index (χ0) is 24.3. The molecule has 11 heteroatoms. The average Bonchev–Trinajstić information content (AvgIpc) is 2.99. The van der Waals surface area contributed by atoms with E-state index >= 15 is 0 Å². The number of ether oxygens (including phenoxy) is 1. The molecule has 2 aromatic carbocycles. The Morgan fingerprint density at radius 3 is 2.38 bits per heavy atom. The van der Waals surface area contributed by atoms with Crippen LogP contribution in [0.25, 0.3) is 10.2 Å². The summed E-state index contributed by atoms with van der Waals surface area (Å²) in [4.78, 5) is 29.2. The van der Waals surface area contributed by atoms with E-state index in [9.17, 15) is 22.4 Å². The number of amides is 1. The van der Waals surface area contributed by atoms with Crippen molar-refractivity contribution >= 4 is 43.5 Å². The number of carbonyl (C=O) groups excluding carboxylic acids is 2. The van der Waals surface area contributed by atoms with Crippen molar-refractivity contribution in [2.75, 3.05) is 20.2 Å². The maximum Gasteiger partial charge on any atom is 0.325 e. The SMILES string of the molecule is COC(=O)Cn1c(=NC(=O)c2ccc(S(=O)(=O)N3CCCCCC3)cc2)sc2cc(F)ccc21. The molecule has 0 spiro atoms. The van der Waals surface area contributed by atoms with E-state index in [2.05, 4.69) is 4.99 Å². The second kappa shape index (κ2) is 10.2. The number of hydrogen-bond acceptors (Lipinski definition) is 6. The first-order chi connectivity index (χ1) is 16.3. The summed E-state index contributed by atoms with van der Waals surface area (Å²) in [7, 11) is -2.38. The molecule has 0 aliphatic carbocycles. The number of rotatable bonds is 5. The Bertz CT molecular complexity index is 1390. The molecule has 0 atom stereocenters. The van der Waals surface area contributed by atoms with Gasteiger partial charge in [-0.3, -0.25) is 9.59 Å². The summed E-state index contributed by atoms with van der Waals surface area (Å²) in [6.45, 7) is 0.789. The molecule has 0 unspecified atom stereocenters. The third-order valence-corrected chi connectivity index (χ3v) is 8.61. The van der Waals surface area contributed by atoms with E-state index in [0.717, 1.165) is 37.0 Å². The van der Waals surface area contributed by atoms with Crippen LogP contribution in [0.15, 0.2) is 52.4 Å². The molecule has 180 valence electrons. The van der Waals surface area contributed by atoms with E-state index in [0.29, 0.717) is 23.3 Å². The third kappa shape index (κ3) is 5.11. The van der Waals surface area contributed by atoms with Gasteiger partial charge in [0.05, 0.1) is 22.2 Å². The van der Waals surface area contributed by atoms with Crippen molar-refractivity contribution in [3.63, 3.8) is 0 Å². The Balaban J connectivity index is 1.65. The summed E-state index contributed by atoms with van der Waals surface area (Å²) in [6.07, 6.45) is 3.70. The van der Waals surface area contributed by atoms with E-state index in [1.54, 1.807) is 0 Å². The number of fused-ring (bicyclic) bond motifs is 1. The summed E-state index contributed by atoms with van der Waals surface area (Å²) in [6, 6.07) is 9.74. The Hall–Kier alpha value is -2.89. The molecule has 1 aliphatic rings. The van der Waals surface area contributed by atoms with Crippen molar-refractivity contribution < 1.29 is 27.1 Å². The maximum atomic E-state index is 13.7. The molecule has 1 saturated heterocycles. The first kappa shape index (κ1) is 24.2. The number of esters is 1. The molecule has 3 aromatic rings. The van der Waals surface area contributed by atoms with Gasteiger partial charge in [-0.1, -0.05) is 24.2 Å². The highest BCUT2D eigenvalue weighted by molar-refractivity contribution is 7.89. The monoisotopic (exact) mass is 505 g/mol. The third-order valence-electron chi connectivity index (χ3n) is 5.66. The maximum absolute atomic E-state index is 13.7. The van der Waals surface area contributed by atoms with Gasteiger partial charge in [0.1, 0.15) is 12.4 Å². The first-order valence-electron chi connectivity index (χ1n) is 10.8. The van der Waals surface area contributed by atoms with Crippen molar-refractivity contribution in [1.82, 2.24) is 8.87 Å². The van der Waals surface area contributed by atoms with Crippen molar-refractivity contribution in [3.8, 4) is 0 Å². The molecule has 1 aliphatic heterocycles. The van der Waals surface area contributed by atoms with Crippen molar-refractivity contribution in [2.45, 2.75) is 37.1 Å². The van der Waals surface area contributed by atoms with E-state index in [-0.39, 0.29) is 21.8 Å². The second-order valence-corrected chi connectivity index (χ2v) is 10.9. The van der Waals surface area contributed by atoms with Gasteiger partial charge in [-0.2, -0.15) is 9.30 Å². The molecule has 0 N–H and O–H groups in total. The standard InChI is InChI=1S/C23H24FN3O5S2/c1-32-21(28)15-27-19-11-8-17(24)14-20(19)33-23(27)25-22(29)16-6-9-18(10-7-16)34(30,31)26-12-4-2-3-5-13-26/h6-11,14H,2-5,12-13,15H2,1H3. The highest BCUT2D eigenvalue weighted by Crippen LogP contribution is 2.22. The summed E-state index contributed by atoms with van der Waals surface area (Å²) >= 11 is 1.07. The van der Waals surface area contributed by atoms with Crippen LogP contribution in [0, 0.1) is 5.82 Å². The molecule has 34 heavy (non-hydrogen) atoms. The van der Waals surface area contributed by atoms with Crippen molar-refractivity contribution in [1.29, 1.82) is 0 Å². The summed E-state index contributed by atoms with van der Waals surface area (Å²) in [5.74, 6) is -1.59. The van der Waals surface area contributed by atoms with Gasteiger partial charge in [0, 0.05) is 18.7 Å². The number of methoxy groups -OCH3 is 1. The summed E-state index contributed by atoms with van der Waals surface area (Å²) in [5.41, 5.74) is 0.741. The number of benzene rings is 2. The van der Waals surface area contributed by atoms with Gasteiger partial charge >= 0.3 is 5.97 Å². The number of nitrogens with zero attached hydrogens (tertiary/aromatic N) is 3. The predicted octanol–water partition coefficient (Wildman–Crippen LogP) is 3.32. The minimum Gasteiger partial charge on any atom is -0.468 e. The molecule has 0 saturated carbocycles. The predicted molar refractivity (Wildman–Crippen MR) is 125 cm³/mol. The second-order valence-electron chi connectivity index (χ2n) is 7.92. The molecule has 1 aromatic heterocycles. The lowest BCUT2D eigenvalue weighted by molar-refractivity contribution is -0.141. The lowest BCUT2D eigenvalue weighted by Crippen LogP contribution is -2.31. The fourth-order valence-corrected chi connectivity index (χ4v) is 6.40. The molecule has 0 radical (unpaired) electrons. The van der Waals surface area contributed by atoms with Crippen LogP contribution < -0.4 is 4.80 Å². The van der Waals surface area contributed by atoms with E-state index < -0.39 is 27.7 Å². The number of hydrogen-bond donors (Lipinski definition) is 0. The first-order valence-corrected chi connectivity index (χ1v) is 13.1. The number of halogens is 1. The van der Waals surface area contributed by atoms with Crippen LogP contribution in [0.3, 0.4) is 0 Å². The number of thiazole rings is 1. The van der Waals surface area contributed by atoms with Gasteiger partial charge < -0.3 is 9.30 Å². The zero-order valence-electron chi connectivity index (χ0n) is 18.6. The molecule has 2 heterocycles. The highest BCUT2D eigenvalue weighted by atomic mass is 32.2. The Kier molecular flexibility index (Phi) is 7.24. The fraction of sp³-hybridized carbons (Fsp3) is 0.348. The van der Waals surface area contributed by atoms with Gasteiger partial charge in [-0.25, -0.2) is 12.8 Å². The topological polar surface area (TPSA) is 98.0 Å². The fourth-order valence-electron chi connectivity index (χ4n) is 3.83. The molecule has 8 nitrogen and oxygen atoms in total. The van der Waals surface area contributed by atoms with E-state index in [1.807, 2.05) is 0 Å². The lowest BCUT2D eigenvalue weighted by atomic mass is 10.2. The smallest absolute Gasteiger partial charge is 0.325 e. The minimum absolute atomic E-state index is 0.129. The van der Waals surface area contributed by atoms with Crippen LogP contribution in [0.2, 0.25) is 0 Å². The van der Waals surface area contributed by atoms with Gasteiger partial charge in [0.15, 0.2) is 4.80 Å². The Labute approximate surface area is 200 Å². The van der Waals surface area contributed by atoms with Crippen LogP contribution in [-0.4, -0.2) is 49.4 Å². The summed E-state index contributed by atoms with van der Waals surface area (Å²) in [5, 5.41) is 0. The molecule has 0 bridgehead atoms. The molecule has 4 rings (SSSR count). The highest BCUT2D eigenvalue weighted by Gasteiger charge is 2.25. The van der Waals surface area contributed by atoms with E-state index in [1.165, 1.54) is 58.4 Å². The van der Waals surface area contributed by atoms with Crippen LogP contribution in [0.1, 0.15) is 36.0 Å². The largest absolute Gasteiger partial charge is 0.468 e. The van der Waals surface area contributed by atoms with Crippen LogP contribution in [-0.2, 0) is 26.1 Å². The molecule has 1 fully saturated rings. The van der Waals surface area contributed by atoms with E-state index in [4.69, 9.17) is 4.74 Å². The Morgan fingerprint density at radius 1 is 1.06 bits per heavy atom. The number of sulfonamides is 1. The molecular formula is C23H24FN3O5S2. The van der Waals surface area contributed by atoms with Gasteiger partial charge in [-0.05, 0) is 55.3 Å². The van der Waals surface area contributed by atoms with Crippen molar-refractivity contribution in [2.24, 2.45) is 4.99 Å².